The number of piperidine rings is 1. The van der Waals surface area contributed by atoms with Gasteiger partial charge in [0.05, 0.1) is 6.61 Å². The average molecular weight is 349 g/mol. The maximum atomic E-state index is 12.2. The number of hydrogen-bond acceptors (Lipinski definition) is 3. The SMILES string of the molecule is Cl.NC1CCN(C(=O)CCCOc2cccc3ccccc23)CC1. The van der Waals surface area contributed by atoms with Crippen molar-refractivity contribution in [2.24, 2.45) is 5.73 Å². The van der Waals surface area contributed by atoms with Gasteiger partial charge >= 0.3 is 0 Å². The first kappa shape index (κ1) is 18.6. The smallest absolute Gasteiger partial charge is 0.222 e. The average Bonchev–Trinajstić information content (AvgIpc) is 2.59. The summed E-state index contributed by atoms with van der Waals surface area (Å²) in [6.07, 6.45) is 3.11. The van der Waals surface area contributed by atoms with Crippen molar-refractivity contribution in [3.05, 3.63) is 42.5 Å². The van der Waals surface area contributed by atoms with Crippen molar-refractivity contribution in [1.29, 1.82) is 0 Å². The molecule has 0 atom stereocenters. The summed E-state index contributed by atoms with van der Waals surface area (Å²) in [5.41, 5.74) is 5.87. The third-order valence-electron chi connectivity index (χ3n) is 4.43. The molecule has 1 heterocycles. The Hall–Kier alpha value is -1.78. The normalized spacial score (nSPS) is 15.1. The number of hydrogen-bond donors (Lipinski definition) is 1. The molecule has 0 bridgehead atoms. The predicted molar refractivity (Wildman–Crippen MR) is 99.7 cm³/mol. The molecule has 1 aliphatic rings. The van der Waals surface area contributed by atoms with Gasteiger partial charge in [0.15, 0.2) is 0 Å². The molecular formula is C19H25ClN2O2. The van der Waals surface area contributed by atoms with Crippen LogP contribution in [0, 0.1) is 0 Å². The number of nitrogens with zero attached hydrogens (tertiary/aromatic N) is 1. The van der Waals surface area contributed by atoms with E-state index in [2.05, 4.69) is 18.2 Å². The van der Waals surface area contributed by atoms with Crippen LogP contribution in [-0.2, 0) is 4.79 Å². The van der Waals surface area contributed by atoms with Gasteiger partial charge in [-0.25, -0.2) is 0 Å². The molecule has 2 aromatic rings. The summed E-state index contributed by atoms with van der Waals surface area (Å²) in [5.74, 6) is 1.11. The van der Waals surface area contributed by atoms with Gasteiger partial charge in [0.2, 0.25) is 5.91 Å². The first-order valence-corrected chi connectivity index (χ1v) is 8.38. The number of amides is 1. The number of carbonyl (C=O) groups excluding carboxylic acids is 1. The predicted octanol–water partition coefficient (Wildman–Crippen LogP) is 3.37. The van der Waals surface area contributed by atoms with Gasteiger partial charge in [0.1, 0.15) is 5.75 Å². The molecular weight excluding hydrogens is 324 g/mol. The lowest BCUT2D eigenvalue weighted by Gasteiger charge is -2.30. The molecule has 4 nitrogen and oxygen atoms in total. The van der Waals surface area contributed by atoms with E-state index in [9.17, 15) is 4.79 Å². The number of halogens is 1. The Morgan fingerprint density at radius 1 is 1.12 bits per heavy atom. The molecule has 0 unspecified atom stereocenters. The molecule has 1 saturated heterocycles. The van der Waals surface area contributed by atoms with Gasteiger partial charge in [-0.05, 0) is 30.7 Å². The van der Waals surface area contributed by atoms with Crippen molar-refractivity contribution in [3.63, 3.8) is 0 Å². The minimum Gasteiger partial charge on any atom is -0.493 e. The monoisotopic (exact) mass is 348 g/mol. The van der Waals surface area contributed by atoms with Gasteiger partial charge < -0.3 is 15.4 Å². The lowest BCUT2D eigenvalue weighted by atomic mass is 10.1. The van der Waals surface area contributed by atoms with Crippen LogP contribution in [-0.4, -0.2) is 36.5 Å². The van der Waals surface area contributed by atoms with E-state index in [0.29, 0.717) is 13.0 Å². The van der Waals surface area contributed by atoms with E-state index in [1.165, 1.54) is 5.39 Å². The third-order valence-corrected chi connectivity index (χ3v) is 4.43. The molecule has 0 aliphatic carbocycles. The van der Waals surface area contributed by atoms with Crippen LogP contribution in [0.2, 0.25) is 0 Å². The van der Waals surface area contributed by atoms with Crippen molar-refractivity contribution in [3.8, 4) is 5.75 Å². The number of ether oxygens (including phenoxy) is 1. The van der Waals surface area contributed by atoms with Gasteiger partial charge in [0, 0.05) is 30.9 Å². The second-order valence-corrected chi connectivity index (χ2v) is 6.15. The summed E-state index contributed by atoms with van der Waals surface area (Å²) in [7, 11) is 0. The minimum absolute atomic E-state index is 0. The first-order valence-electron chi connectivity index (χ1n) is 8.38. The minimum atomic E-state index is 0. The maximum absolute atomic E-state index is 12.2. The highest BCUT2D eigenvalue weighted by Crippen LogP contribution is 2.25. The van der Waals surface area contributed by atoms with Crippen LogP contribution in [0.3, 0.4) is 0 Å². The molecule has 0 saturated carbocycles. The third kappa shape index (κ3) is 4.62. The van der Waals surface area contributed by atoms with Crippen LogP contribution in [0.5, 0.6) is 5.75 Å². The standard InChI is InChI=1S/C19H24N2O2.ClH/c20-16-10-12-21(13-11-16)19(22)9-4-14-23-18-8-3-6-15-5-1-2-7-17(15)18;/h1-3,5-8,16H,4,9-14,20H2;1H. The van der Waals surface area contributed by atoms with E-state index < -0.39 is 0 Å². The van der Waals surface area contributed by atoms with Gasteiger partial charge in [-0.2, -0.15) is 0 Å². The number of rotatable bonds is 5. The number of carbonyl (C=O) groups is 1. The van der Waals surface area contributed by atoms with Crippen molar-refractivity contribution in [2.75, 3.05) is 19.7 Å². The van der Waals surface area contributed by atoms with E-state index in [1.807, 2.05) is 29.2 Å². The fourth-order valence-electron chi connectivity index (χ4n) is 3.03. The van der Waals surface area contributed by atoms with Crippen LogP contribution in [0.4, 0.5) is 0 Å². The Bertz CT molecular complexity index is 664. The van der Waals surface area contributed by atoms with E-state index in [-0.39, 0.29) is 24.4 Å². The zero-order valence-corrected chi connectivity index (χ0v) is 14.6. The highest BCUT2D eigenvalue weighted by atomic mass is 35.5. The van der Waals surface area contributed by atoms with Crippen molar-refractivity contribution in [1.82, 2.24) is 4.90 Å². The number of fused-ring (bicyclic) bond motifs is 1. The zero-order valence-electron chi connectivity index (χ0n) is 13.8. The van der Waals surface area contributed by atoms with Crippen LogP contribution >= 0.6 is 12.4 Å². The second-order valence-electron chi connectivity index (χ2n) is 6.15. The molecule has 2 N–H and O–H groups in total. The van der Waals surface area contributed by atoms with Crippen LogP contribution in [0.1, 0.15) is 25.7 Å². The summed E-state index contributed by atoms with van der Waals surface area (Å²) in [5, 5.41) is 2.29. The Balaban J connectivity index is 0.00000208. The van der Waals surface area contributed by atoms with Gasteiger partial charge in [-0.1, -0.05) is 36.4 Å². The van der Waals surface area contributed by atoms with Gasteiger partial charge in [0.25, 0.3) is 0 Å². The van der Waals surface area contributed by atoms with E-state index in [4.69, 9.17) is 10.5 Å². The molecule has 3 rings (SSSR count). The highest BCUT2D eigenvalue weighted by molar-refractivity contribution is 5.88. The fraction of sp³-hybridized carbons (Fsp3) is 0.421. The summed E-state index contributed by atoms with van der Waals surface area (Å²) in [6, 6.07) is 14.5. The molecule has 2 aromatic carbocycles. The molecule has 130 valence electrons. The lowest BCUT2D eigenvalue weighted by Crippen LogP contribution is -2.42. The Kier molecular flexibility index (Phi) is 6.88. The molecule has 1 fully saturated rings. The maximum Gasteiger partial charge on any atom is 0.222 e. The topological polar surface area (TPSA) is 55.6 Å². The number of benzene rings is 2. The van der Waals surface area contributed by atoms with E-state index in [0.717, 1.165) is 43.5 Å². The number of nitrogens with two attached hydrogens (primary N) is 1. The molecule has 0 spiro atoms. The second kappa shape index (κ2) is 8.90. The molecule has 1 amide bonds. The molecule has 24 heavy (non-hydrogen) atoms. The molecule has 0 radical (unpaired) electrons. The fourth-order valence-corrected chi connectivity index (χ4v) is 3.03. The first-order chi connectivity index (χ1) is 11.2. The Labute approximate surface area is 149 Å². The Morgan fingerprint density at radius 2 is 1.83 bits per heavy atom. The number of likely N-dealkylation sites (tertiary alicyclic amines) is 1. The molecule has 0 aromatic heterocycles. The summed E-state index contributed by atoms with van der Waals surface area (Å²) in [4.78, 5) is 14.1. The summed E-state index contributed by atoms with van der Waals surface area (Å²) >= 11 is 0. The van der Waals surface area contributed by atoms with Crippen molar-refractivity contribution in [2.45, 2.75) is 31.7 Å². The van der Waals surface area contributed by atoms with Crippen molar-refractivity contribution >= 4 is 29.1 Å². The highest BCUT2D eigenvalue weighted by Gasteiger charge is 2.19. The van der Waals surface area contributed by atoms with Gasteiger partial charge in [-0.15, -0.1) is 12.4 Å². The quantitative estimate of drug-likeness (QED) is 0.843. The van der Waals surface area contributed by atoms with Crippen LogP contribution in [0.25, 0.3) is 10.8 Å². The molecule has 1 aliphatic heterocycles. The molecule has 5 heteroatoms. The zero-order chi connectivity index (χ0) is 16.1. The van der Waals surface area contributed by atoms with Crippen LogP contribution < -0.4 is 10.5 Å². The largest absolute Gasteiger partial charge is 0.493 e. The lowest BCUT2D eigenvalue weighted by molar-refractivity contribution is -0.132. The van der Waals surface area contributed by atoms with Crippen LogP contribution in [0.15, 0.2) is 42.5 Å². The van der Waals surface area contributed by atoms with Crippen molar-refractivity contribution < 1.29 is 9.53 Å². The summed E-state index contributed by atoms with van der Waals surface area (Å²) < 4.78 is 5.88. The van der Waals surface area contributed by atoms with E-state index >= 15 is 0 Å². The summed E-state index contributed by atoms with van der Waals surface area (Å²) in [6.45, 7) is 2.15. The Morgan fingerprint density at radius 3 is 2.62 bits per heavy atom. The van der Waals surface area contributed by atoms with E-state index in [1.54, 1.807) is 0 Å². The van der Waals surface area contributed by atoms with Gasteiger partial charge in [-0.3, -0.25) is 4.79 Å².